The number of carbonyl (C=O) groups excluding carboxylic acids is 1. The van der Waals surface area contributed by atoms with Gasteiger partial charge in [-0.15, -0.1) is 0 Å². The fourth-order valence-corrected chi connectivity index (χ4v) is 3.02. The van der Waals surface area contributed by atoms with Gasteiger partial charge in [-0.25, -0.2) is 4.98 Å². The van der Waals surface area contributed by atoms with Crippen molar-refractivity contribution in [3.05, 3.63) is 23.9 Å². The minimum Gasteiger partial charge on any atom is -0.395 e. The zero-order valence-corrected chi connectivity index (χ0v) is 13.4. The average molecular weight is 320 g/mol. The van der Waals surface area contributed by atoms with E-state index in [-0.39, 0.29) is 12.5 Å². The normalized spacial score (nSPS) is 19.9. The first kappa shape index (κ1) is 16.2. The average Bonchev–Trinajstić information content (AvgIpc) is 2.63. The van der Waals surface area contributed by atoms with Gasteiger partial charge in [0.2, 0.25) is 0 Å². The molecule has 0 aromatic carbocycles. The minimum absolute atomic E-state index is 0.0607. The monoisotopic (exact) mass is 320 g/mol. The summed E-state index contributed by atoms with van der Waals surface area (Å²) in [5, 5.41) is 8.98. The van der Waals surface area contributed by atoms with Crippen LogP contribution >= 0.6 is 0 Å². The first-order chi connectivity index (χ1) is 11.3. The van der Waals surface area contributed by atoms with Gasteiger partial charge in [0.15, 0.2) is 0 Å². The summed E-state index contributed by atoms with van der Waals surface area (Å²) in [7, 11) is 0. The van der Waals surface area contributed by atoms with Crippen molar-refractivity contribution in [3.8, 4) is 0 Å². The van der Waals surface area contributed by atoms with Gasteiger partial charge in [0.05, 0.1) is 19.8 Å². The molecule has 2 saturated heterocycles. The van der Waals surface area contributed by atoms with Crippen LogP contribution in [0.2, 0.25) is 0 Å². The number of aliphatic hydroxyl groups excluding tert-OH is 1. The van der Waals surface area contributed by atoms with Gasteiger partial charge in [0.1, 0.15) is 5.82 Å². The maximum absolute atomic E-state index is 12.7. The van der Waals surface area contributed by atoms with Crippen molar-refractivity contribution in [3.63, 3.8) is 0 Å². The highest BCUT2D eigenvalue weighted by molar-refractivity contribution is 5.95. The molecule has 1 aromatic heterocycles. The second-order valence-corrected chi connectivity index (χ2v) is 5.86. The van der Waals surface area contributed by atoms with E-state index in [4.69, 9.17) is 9.84 Å². The van der Waals surface area contributed by atoms with Crippen LogP contribution < -0.4 is 4.90 Å². The Kier molecular flexibility index (Phi) is 5.43. The molecule has 0 aliphatic carbocycles. The summed E-state index contributed by atoms with van der Waals surface area (Å²) in [4.78, 5) is 23.3. The molecule has 1 N–H and O–H groups in total. The topological polar surface area (TPSA) is 69.1 Å². The van der Waals surface area contributed by atoms with Crippen LogP contribution in [0.15, 0.2) is 18.3 Å². The molecule has 3 rings (SSSR count). The predicted molar refractivity (Wildman–Crippen MR) is 86.7 cm³/mol. The summed E-state index contributed by atoms with van der Waals surface area (Å²) in [5.41, 5.74) is 0.692. The third kappa shape index (κ3) is 3.99. The molecule has 0 saturated carbocycles. The van der Waals surface area contributed by atoms with Crippen LogP contribution in [0.3, 0.4) is 0 Å². The Morgan fingerprint density at radius 2 is 1.91 bits per heavy atom. The van der Waals surface area contributed by atoms with Gasteiger partial charge in [-0.05, 0) is 12.1 Å². The summed E-state index contributed by atoms with van der Waals surface area (Å²) >= 11 is 0. The van der Waals surface area contributed by atoms with Crippen LogP contribution in [-0.4, -0.2) is 91.4 Å². The SMILES string of the molecule is O=C(c1ccnc(N2CCOCC2)c1)N1CCN(CCO)CC1. The van der Waals surface area contributed by atoms with E-state index in [1.165, 1.54) is 0 Å². The Morgan fingerprint density at radius 1 is 1.17 bits per heavy atom. The van der Waals surface area contributed by atoms with Crippen molar-refractivity contribution in [2.75, 3.05) is 70.5 Å². The number of β-amino-alcohol motifs (C(OH)–C–C–N with tert-alkyl or cyclic N) is 1. The molecule has 2 fully saturated rings. The number of rotatable bonds is 4. The molecule has 1 aromatic rings. The number of carbonyl (C=O) groups is 1. The van der Waals surface area contributed by atoms with Crippen molar-refractivity contribution in [1.82, 2.24) is 14.8 Å². The van der Waals surface area contributed by atoms with E-state index in [1.807, 2.05) is 11.0 Å². The maximum atomic E-state index is 12.7. The summed E-state index contributed by atoms with van der Waals surface area (Å²) in [6.07, 6.45) is 1.71. The molecule has 0 radical (unpaired) electrons. The molecule has 23 heavy (non-hydrogen) atoms. The number of piperazine rings is 1. The van der Waals surface area contributed by atoms with Crippen molar-refractivity contribution in [2.45, 2.75) is 0 Å². The van der Waals surface area contributed by atoms with Crippen molar-refractivity contribution < 1.29 is 14.6 Å². The molecular formula is C16H24N4O3. The number of amides is 1. The first-order valence-corrected chi connectivity index (χ1v) is 8.19. The summed E-state index contributed by atoms with van der Waals surface area (Å²) < 4.78 is 5.36. The van der Waals surface area contributed by atoms with E-state index in [1.54, 1.807) is 12.3 Å². The first-order valence-electron chi connectivity index (χ1n) is 8.19. The highest BCUT2D eigenvalue weighted by Crippen LogP contribution is 2.16. The third-order valence-corrected chi connectivity index (χ3v) is 4.40. The lowest BCUT2D eigenvalue weighted by atomic mass is 10.2. The van der Waals surface area contributed by atoms with Crippen LogP contribution in [0.1, 0.15) is 10.4 Å². The van der Waals surface area contributed by atoms with Crippen molar-refractivity contribution in [1.29, 1.82) is 0 Å². The largest absolute Gasteiger partial charge is 0.395 e. The number of morpholine rings is 1. The highest BCUT2D eigenvalue weighted by Gasteiger charge is 2.22. The van der Waals surface area contributed by atoms with E-state index in [2.05, 4.69) is 14.8 Å². The fourth-order valence-electron chi connectivity index (χ4n) is 3.02. The van der Waals surface area contributed by atoms with Gasteiger partial charge in [-0.2, -0.15) is 0 Å². The van der Waals surface area contributed by atoms with Crippen molar-refractivity contribution in [2.24, 2.45) is 0 Å². The predicted octanol–water partition coefficient (Wildman–Crippen LogP) is -0.332. The number of nitrogens with zero attached hydrogens (tertiary/aromatic N) is 4. The maximum Gasteiger partial charge on any atom is 0.254 e. The Bertz CT molecular complexity index is 526. The van der Waals surface area contributed by atoms with E-state index in [0.29, 0.717) is 38.4 Å². The molecule has 0 spiro atoms. The molecule has 7 nitrogen and oxygen atoms in total. The molecule has 7 heteroatoms. The Balaban J connectivity index is 1.63. The van der Waals surface area contributed by atoms with Gasteiger partial charge < -0.3 is 19.6 Å². The van der Waals surface area contributed by atoms with E-state index in [9.17, 15) is 4.79 Å². The molecule has 2 aliphatic heterocycles. The smallest absolute Gasteiger partial charge is 0.254 e. The molecule has 3 heterocycles. The lowest BCUT2D eigenvalue weighted by Crippen LogP contribution is -2.49. The van der Waals surface area contributed by atoms with Gasteiger partial charge in [0, 0.05) is 57.6 Å². The van der Waals surface area contributed by atoms with Crippen molar-refractivity contribution >= 4 is 11.7 Å². The quantitative estimate of drug-likeness (QED) is 0.819. The van der Waals surface area contributed by atoms with E-state index >= 15 is 0 Å². The lowest BCUT2D eigenvalue weighted by Gasteiger charge is -2.34. The number of aliphatic hydroxyl groups is 1. The minimum atomic E-state index is 0.0607. The van der Waals surface area contributed by atoms with Crippen LogP contribution in [0.4, 0.5) is 5.82 Å². The Morgan fingerprint density at radius 3 is 2.61 bits per heavy atom. The Hall–Kier alpha value is -1.70. The fraction of sp³-hybridized carbons (Fsp3) is 0.625. The van der Waals surface area contributed by atoms with Crippen LogP contribution in [0, 0.1) is 0 Å². The van der Waals surface area contributed by atoms with Crippen LogP contribution in [-0.2, 0) is 4.74 Å². The molecular weight excluding hydrogens is 296 g/mol. The van der Waals surface area contributed by atoms with Crippen LogP contribution in [0.25, 0.3) is 0 Å². The second-order valence-electron chi connectivity index (χ2n) is 5.86. The van der Waals surface area contributed by atoms with Gasteiger partial charge in [-0.1, -0.05) is 0 Å². The Labute approximate surface area is 136 Å². The molecule has 0 atom stereocenters. The highest BCUT2D eigenvalue weighted by atomic mass is 16.5. The van der Waals surface area contributed by atoms with Gasteiger partial charge in [0.25, 0.3) is 5.91 Å². The standard InChI is InChI=1S/C16H24N4O3/c21-10-7-18-3-5-20(6-4-18)16(22)14-1-2-17-15(13-14)19-8-11-23-12-9-19/h1-2,13,21H,3-12H2. The number of hydrogen-bond donors (Lipinski definition) is 1. The second kappa shape index (κ2) is 7.72. The molecule has 0 unspecified atom stereocenters. The zero-order valence-electron chi connectivity index (χ0n) is 13.4. The summed E-state index contributed by atoms with van der Waals surface area (Å²) in [6.45, 7) is 6.90. The zero-order chi connectivity index (χ0) is 16.1. The van der Waals surface area contributed by atoms with Gasteiger partial charge >= 0.3 is 0 Å². The van der Waals surface area contributed by atoms with E-state index in [0.717, 1.165) is 32.0 Å². The number of anilines is 1. The number of ether oxygens (including phenoxy) is 1. The van der Waals surface area contributed by atoms with Gasteiger partial charge in [-0.3, -0.25) is 9.69 Å². The number of hydrogen-bond acceptors (Lipinski definition) is 6. The number of aromatic nitrogens is 1. The molecule has 1 amide bonds. The molecule has 2 aliphatic rings. The molecule has 126 valence electrons. The van der Waals surface area contributed by atoms with Crippen LogP contribution in [0.5, 0.6) is 0 Å². The summed E-state index contributed by atoms with van der Waals surface area (Å²) in [5.74, 6) is 0.906. The molecule has 0 bridgehead atoms. The van der Waals surface area contributed by atoms with E-state index < -0.39 is 0 Å². The number of pyridine rings is 1. The third-order valence-electron chi connectivity index (χ3n) is 4.40. The summed E-state index contributed by atoms with van der Waals surface area (Å²) in [6, 6.07) is 3.67. The lowest BCUT2D eigenvalue weighted by molar-refractivity contribution is 0.0615.